The number of hydrogen-bond acceptors (Lipinski definition) is 4. The Balaban J connectivity index is 1.47. The SMILES string of the molecule is Cc1c(C(=O)Nc2ccccc2OCC2CCCCO2)cnn1-c1ccc(Br)cc1. The largest absolute Gasteiger partial charge is 0.489 e. The Labute approximate surface area is 184 Å². The van der Waals surface area contributed by atoms with Gasteiger partial charge in [0.25, 0.3) is 5.91 Å². The van der Waals surface area contributed by atoms with E-state index in [0.29, 0.717) is 23.6 Å². The zero-order chi connectivity index (χ0) is 20.9. The Kier molecular flexibility index (Phi) is 6.50. The molecule has 30 heavy (non-hydrogen) atoms. The molecule has 1 fully saturated rings. The number of carbonyl (C=O) groups excluding carboxylic acids is 1. The smallest absolute Gasteiger partial charge is 0.259 e. The molecule has 1 unspecified atom stereocenters. The van der Waals surface area contributed by atoms with Gasteiger partial charge in [-0.15, -0.1) is 0 Å². The molecule has 0 saturated carbocycles. The van der Waals surface area contributed by atoms with Crippen molar-refractivity contribution in [2.24, 2.45) is 0 Å². The Morgan fingerprint density at radius 2 is 2.03 bits per heavy atom. The lowest BCUT2D eigenvalue weighted by Crippen LogP contribution is -2.26. The number of rotatable bonds is 6. The van der Waals surface area contributed by atoms with Crippen molar-refractivity contribution >= 4 is 27.5 Å². The number of amides is 1. The predicted molar refractivity (Wildman–Crippen MR) is 119 cm³/mol. The van der Waals surface area contributed by atoms with Crippen LogP contribution in [0.15, 0.2) is 59.2 Å². The number of halogens is 1. The molecule has 2 heterocycles. The van der Waals surface area contributed by atoms with Gasteiger partial charge in [0.15, 0.2) is 0 Å². The van der Waals surface area contributed by atoms with Crippen LogP contribution in [0, 0.1) is 6.92 Å². The minimum Gasteiger partial charge on any atom is -0.489 e. The molecule has 1 N–H and O–H groups in total. The van der Waals surface area contributed by atoms with Crippen LogP contribution in [0.4, 0.5) is 5.69 Å². The van der Waals surface area contributed by atoms with Crippen LogP contribution in [0.3, 0.4) is 0 Å². The minimum atomic E-state index is -0.221. The highest BCUT2D eigenvalue weighted by molar-refractivity contribution is 9.10. The highest BCUT2D eigenvalue weighted by Crippen LogP contribution is 2.26. The molecule has 1 atom stereocenters. The number of para-hydroxylation sites is 2. The number of ether oxygens (including phenoxy) is 2. The third-order valence-electron chi connectivity index (χ3n) is 5.16. The van der Waals surface area contributed by atoms with Gasteiger partial charge in [-0.2, -0.15) is 5.10 Å². The van der Waals surface area contributed by atoms with Crippen LogP contribution in [0.2, 0.25) is 0 Å². The highest BCUT2D eigenvalue weighted by atomic mass is 79.9. The zero-order valence-electron chi connectivity index (χ0n) is 16.8. The van der Waals surface area contributed by atoms with Gasteiger partial charge < -0.3 is 14.8 Å². The first-order valence-corrected chi connectivity index (χ1v) is 10.9. The Morgan fingerprint density at radius 1 is 1.23 bits per heavy atom. The molecule has 0 aliphatic carbocycles. The fourth-order valence-corrected chi connectivity index (χ4v) is 3.75. The number of benzene rings is 2. The van der Waals surface area contributed by atoms with Gasteiger partial charge in [-0.1, -0.05) is 28.1 Å². The zero-order valence-corrected chi connectivity index (χ0v) is 18.4. The second-order valence-corrected chi connectivity index (χ2v) is 8.20. The average Bonchev–Trinajstić information content (AvgIpc) is 3.16. The van der Waals surface area contributed by atoms with Gasteiger partial charge in [0.2, 0.25) is 0 Å². The van der Waals surface area contributed by atoms with Crippen molar-refractivity contribution in [3.8, 4) is 11.4 Å². The van der Waals surface area contributed by atoms with E-state index < -0.39 is 0 Å². The summed E-state index contributed by atoms with van der Waals surface area (Å²) >= 11 is 3.43. The van der Waals surface area contributed by atoms with Crippen LogP contribution in [-0.4, -0.2) is 35.0 Å². The van der Waals surface area contributed by atoms with E-state index in [1.165, 1.54) is 0 Å². The average molecular weight is 470 g/mol. The first-order chi connectivity index (χ1) is 14.6. The molecule has 0 bridgehead atoms. The van der Waals surface area contributed by atoms with Crippen molar-refractivity contribution in [3.63, 3.8) is 0 Å². The summed E-state index contributed by atoms with van der Waals surface area (Å²) in [5, 5.41) is 7.35. The number of carbonyl (C=O) groups is 1. The van der Waals surface area contributed by atoms with Crippen LogP contribution in [0.25, 0.3) is 5.69 Å². The summed E-state index contributed by atoms with van der Waals surface area (Å²) in [7, 11) is 0. The summed E-state index contributed by atoms with van der Waals surface area (Å²) in [5.41, 5.74) is 2.81. The molecule has 1 aromatic heterocycles. The normalized spacial score (nSPS) is 16.3. The molecule has 1 amide bonds. The van der Waals surface area contributed by atoms with Crippen molar-refractivity contribution in [2.75, 3.05) is 18.5 Å². The summed E-state index contributed by atoms with van der Waals surface area (Å²) in [6, 6.07) is 15.2. The van der Waals surface area contributed by atoms with Crippen molar-refractivity contribution in [1.29, 1.82) is 0 Å². The van der Waals surface area contributed by atoms with E-state index in [0.717, 1.165) is 41.7 Å². The molecule has 0 spiro atoms. The van der Waals surface area contributed by atoms with Crippen molar-refractivity contribution in [3.05, 3.63) is 70.5 Å². The highest BCUT2D eigenvalue weighted by Gasteiger charge is 2.18. The molecule has 6 nitrogen and oxygen atoms in total. The van der Waals surface area contributed by atoms with E-state index in [2.05, 4.69) is 26.3 Å². The van der Waals surface area contributed by atoms with Gasteiger partial charge in [0, 0.05) is 11.1 Å². The summed E-state index contributed by atoms with van der Waals surface area (Å²) in [5.74, 6) is 0.416. The number of aromatic nitrogens is 2. The van der Waals surface area contributed by atoms with Gasteiger partial charge in [-0.25, -0.2) is 4.68 Å². The molecule has 7 heteroatoms. The Morgan fingerprint density at radius 3 is 2.80 bits per heavy atom. The van der Waals surface area contributed by atoms with Crippen molar-refractivity contribution in [2.45, 2.75) is 32.3 Å². The lowest BCUT2D eigenvalue weighted by molar-refractivity contribution is -0.0109. The number of anilines is 1. The van der Waals surface area contributed by atoms with Crippen molar-refractivity contribution in [1.82, 2.24) is 9.78 Å². The topological polar surface area (TPSA) is 65.4 Å². The maximum absolute atomic E-state index is 12.9. The van der Waals surface area contributed by atoms with E-state index >= 15 is 0 Å². The second kappa shape index (κ2) is 9.45. The Bertz CT molecular complexity index is 1010. The lowest BCUT2D eigenvalue weighted by Gasteiger charge is -2.23. The van der Waals surface area contributed by atoms with Crippen LogP contribution in [-0.2, 0) is 4.74 Å². The van der Waals surface area contributed by atoms with Gasteiger partial charge >= 0.3 is 0 Å². The predicted octanol–water partition coefficient (Wildman–Crippen LogP) is 5.14. The molecular formula is C23H24BrN3O3. The van der Waals surface area contributed by atoms with Crippen LogP contribution in [0.1, 0.15) is 35.3 Å². The first-order valence-electron chi connectivity index (χ1n) is 10.1. The quantitative estimate of drug-likeness (QED) is 0.542. The number of hydrogen-bond donors (Lipinski definition) is 1. The fourth-order valence-electron chi connectivity index (χ4n) is 3.48. The Hall–Kier alpha value is -2.64. The van der Waals surface area contributed by atoms with E-state index in [4.69, 9.17) is 9.47 Å². The minimum absolute atomic E-state index is 0.105. The van der Waals surface area contributed by atoms with E-state index in [1.807, 2.05) is 55.5 Å². The summed E-state index contributed by atoms with van der Waals surface area (Å²) in [4.78, 5) is 12.9. The molecule has 1 aliphatic heterocycles. The van der Waals surface area contributed by atoms with Gasteiger partial charge in [0.1, 0.15) is 12.4 Å². The molecule has 156 valence electrons. The lowest BCUT2D eigenvalue weighted by atomic mass is 10.1. The summed E-state index contributed by atoms with van der Waals surface area (Å²) in [6.45, 7) is 3.15. The molecule has 0 radical (unpaired) electrons. The van der Waals surface area contributed by atoms with Crippen LogP contribution >= 0.6 is 15.9 Å². The maximum Gasteiger partial charge on any atom is 0.259 e. The standard InChI is InChI=1S/C23H24BrN3O3/c1-16-20(14-25-27(16)18-11-9-17(24)10-12-18)23(28)26-21-7-2-3-8-22(21)30-15-19-6-4-5-13-29-19/h2-3,7-12,14,19H,4-6,13,15H2,1H3,(H,26,28). The number of nitrogens with one attached hydrogen (secondary N) is 1. The number of nitrogens with zero attached hydrogens (tertiary/aromatic N) is 2. The van der Waals surface area contributed by atoms with E-state index in [9.17, 15) is 4.79 Å². The molecule has 4 rings (SSSR count). The molecule has 3 aromatic rings. The van der Waals surface area contributed by atoms with Crippen molar-refractivity contribution < 1.29 is 14.3 Å². The third-order valence-corrected chi connectivity index (χ3v) is 5.69. The summed E-state index contributed by atoms with van der Waals surface area (Å²) in [6.07, 6.45) is 4.97. The molecule has 1 saturated heterocycles. The van der Waals surface area contributed by atoms with Crippen LogP contribution < -0.4 is 10.1 Å². The maximum atomic E-state index is 12.9. The molecule has 2 aromatic carbocycles. The fraction of sp³-hybridized carbons (Fsp3) is 0.304. The summed E-state index contributed by atoms with van der Waals surface area (Å²) < 4.78 is 14.4. The molecule has 1 aliphatic rings. The second-order valence-electron chi connectivity index (χ2n) is 7.28. The first kappa shape index (κ1) is 20.6. The van der Waals surface area contributed by atoms with Gasteiger partial charge in [-0.3, -0.25) is 4.79 Å². The van der Waals surface area contributed by atoms with Crippen LogP contribution in [0.5, 0.6) is 5.75 Å². The van der Waals surface area contributed by atoms with E-state index in [1.54, 1.807) is 10.9 Å². The van der Waals surface area contributed by atoms with Gasteiger partial charge in [0.05, 0.1) is 34.9 Å². The molecular weight excluding hydrogens is 446 g/mol. The van der Waals surface area contributed by atoms with E-state index in [-0.39, 0.29) is 12.0 Å². The monoisotopic (exact) mass is 469 g/mol. The third kappa shape index (κ3) is 4.74. The van der Waals surface area contributed by atoms with Gasteiger partial charge in [-0.05, 0) is 62.6 Å².